The zero-order valence-electron chi connectivity index (χ0n) is 21.2. The molecule has 0 radical (unpaired) electrons. The second-order valence-corrected chi connectivity index (χ2v) is 9.12. The molecule has 1 aromatic rings. The van der Waals surface area contributed by atoms with Gasteiger partial charge in [0.15, 0.2) is 5.41 Å². The molecule has 0 amide bonds. The molecule has 5 nitrogen and oxygen atoms in total. The molecule has 1 rings (SSSR count). The third kappa shape index (κ3) is 12.8. The van der Waals surface area contributed by atoms with Gasteiger partial charge in [0.1, 0.15) is 0 Å². The van der Waals surface area contributed by atoms with Crippen LogP contribution in [0.4, 0.5) is 0 Å². The second-order valence-electron chi connectivity index (χ2n) is 9.12. The van der Waals surface area contributed by atoms with E-state index in [9.17, 15) is 9.59 Å². The van der Waals surface area contributed by atoms with E-state index in [-0.39, 0.29) is 6.61 Å². The highest BCUT2D eigenvalue weighted by atomic mass is 16.6. The Labute approximate surface area is 201 Å². The van der Waals surface area contributed by atoms with Gasteiger partial charge in [-0.05, 0) is 25.3 Å². The molecular weight excluding hydrogens is 416 g/mol. The molecule has 0 aliphatic carbocycles. The molecule has 0 saturated carbocycles. The minimum Gasteiger partial charge on any atom is -0.465 e. The molecule has 0 aliphatic rings. The molecule has 0 spiro atoms. The lowest BCUT2D eigenvalue weighted by atomic mass is 9.92. The number of unbranched alkanes of at least 4 members (excludes halogenated alkanes) is 10. The van der Waals surface area contributed by atoms with Gasteiger partial charge in [0, 0.05) is 0 Å². The molecule has 5 heteroatoms. The number of esters is 2. The van der Waals surface area contributed by atoms with Crippen molar-refractivity contribution in [3.63, 3.8) is 0 Å². The fraction of sp³-hybridized carbons (Fsp3) is 0.714. The highest BCUT2D eigenvalue weighted by molar-refractivity contribution is 5.99. The fourth-order valence-electron chi connectivity index (χ4n) is 3.56. The van der Waals surface area contributed by atoms with Crippen LogP contribution in [0.3, 0.4) is 0 Å². The van der Waals surface area contributed by atoms with Crippen LogP contribution in [0.2, 0.25) is 0 Å². The van der Waals surface area contributed by atoms with Gasteiger partial charge in [-0.2, -0.15) is 0 Å². The summed E-state index contributed by atoms with van der Waals surface area (Å²) in [5.74, 6) is -1.12. The summed E-state index contributed by atoms with van der Waals surface area (Å²) >= 11 is 0. The van der Waals surface area contributed by atoms with Crippen LogP contribution in [-0.4, -0.2) is 31.8 Å². The van der Waals surface area contributed by atoms with Crippen molar-refractivity contribution in [3.05, 3.63) is 35.9 Å². The van der Waals surface area contributed by atoms with Crippen molar-refractivity contribution in [2.75, 3.05) is 19.8 Å². The van der Waals surface area contributed by atoms with Crippen LogP contribution in [-0.2, 0) is 30.4 Å². The zero-order chi connectivity index (χ0) is 24.2. The monoisotopic (exact) mass is 462 g/mol. The third-order valence-electron chi connectivity index (χ3n) is 5.87. The van der Waals surface area contributed by atoms with Gasteiger partial charge in [0.05, 0.1) is 26.4 Å². The molecule has 0 saturated heterocycles. The molecule has 0 aromatic heterocycles. The minimum atomic E-state index is -1.46. The van der Waals surface area contributed by atoms with E-state index in [1.165, 1.54) is 38.5 Å². The van der Waals surface area contributed by atoms with Crippen molar-refractivity contribution in [2.45, 2.75) is 104 Å². The van der Waals surface area contributed by atoms with Crippen LogP contribution >= 0.6 is 0 Å². The summed E-state index contributed by atoms with van der Waals surface area (Å²) in [6.45, 7) is 6.86. The van der Waals surface area contributed by atoms with Crippen LogP contribution in [0, 0.1) is 5.41 Å². The smallest absolute Gasteiger partial charge is 0.325 e. The quantitative estimate of drug-likeness (QED) is 0.118. The molecule has 0 unspecified atom stereocenters. The van der Waals surface area contributed by atoms with E-state index in [0.29, 0.717) is 19.8 Å². The Morgan fingerprint density at radius 3 is 1.64 bits per heavy atom. The van der Waals surface area contributed by atoms with E-state index in [2.05, 4.69) is 13.8 Å². The first-order valence-electron chi connectivity index (χ1n) is 13.0. The van der Waals surface area contributed by atoms with Gasteiger partial charge < -0.3 is 14.2 Å². The first-order valence-corrected chi connectivity index (χ1v) is 13.0. The lowest BCUT2D eigenvalue weighted by molar-refractivity contribution is -0.176. The topological polar surface area (TPSA) is 61.8 Å². The minimum absolute atomic E-state index is 0.0629. The summed E-state index contributed by atoms with van der Waals surface area (Å²) in [6.07, 6.45) is 13.3. The van der Waals surface area contributed by atoms with Crippen LogP contribution in [0.25, 0.3) is 0 Å². The summed E-state index contributed by atoms with van der Waals surface area (Å²) < 4.78 is 16.7. The Hall–Kier alpha value is -1.88. The average molecular weight is 463 g/mol. The number of carbonyl (C=O) groups is 2. The van der Waals surface area contributed by atoms with Crippen LogP contribution in [0.15, 0.2) is 30.3 Å². The van der Waals surface area contributed by atoms with Gasteiger partial charge in [-0.3, -0.25) is 9.59 Å². The molecule has 0 N–H and O–H groups in total. The Bertz CT molecular complexity index is 598. The number of benzene rings is 1. The standard InChI is InChI=1S/C28H46O5/c1-4-6-8-10-12-17-21-32-26(29)28(3,24-31-23-25-19-15-14-16-20-25)27(30)33-22-18-13-11-9-7-5-2/h14-16,19-20H,4-13,17-18,21-24H2,1-3H3. The van der Waals surface area contributed by atoms with Crippen molar-refractivity contribution >= 4 is 11.9 Å². The van der Waals surface area contributed by atoms with Crippen molar-refractivity contribution in [3.8, 4) is 0 Å². The maximum atomic E-state index is 12.9. The molecule has 0 heterocycles. The van der Waals surface area contributed by atoms with Crippen LogP contribution < -0.4 is 0 Å². The van der Waals surface area contributed by atoms with Gasteiger partial charge in [0.2, 0.25) is 0 Å². The number of carbonyl (C=O) groups excluding carboxylic acids is 2. The summed E-state index contributed by atoms with van der Waals surface area (Å²) in [5, 5.41) is 0. The second kappa shape index (κ2) is 18.5. The lowest BCUT2D eigenvalue weighted by Gasteiger charge is -2.25. The van der Waals surface area contributed by atoms with E-state index in [1.54, 1.807) is 6.92 Å². The van der Waals surface area contributed by atoms with E-state index < -0.39 is 17.4 Å². The molecule has 0 atom stereocenters. The molecule has 0 fully saturated rings. The van der Waals surface area contributed by atoms with E-state index in [1.807, 2.05) is 30.3 Å². The fourth-order valence-corrected chi connectivity index (χ4v) is 3.56. The largest absolute Gasteiger partial charge is 0.465 e. The van der Waals surface area contributed by atoms with E-state index in [0.717, 1.165) is 44.1 Å². The van der Waals surface area contributed by atoms with Gasteiger partial charge >= 0.3 is 11.9 Å². The molecule has 0 bridgehead atoms. The maximum absolute atomic E-state index is 12.9. The zero-order valence-corrected chi connectivity index (χ0v) is 21.2. The van der Waals surface area contributed by atoms with E-state index in [4.69, 9.17) is 14.2 Å². The third-order valence-corrected chi connectivity index (χ3v) is 5.87. The first-order chi connectivity index (χ1) is 16.0. The Balaban J connectivity index is 2.53. The molecule has 188 valence electrons. The van der Waals surface area contributed by atoms with Gasteiger partial charge in [-0.15, -0.1) is 0 Å². The number of ether oxygens (including phenoxy) is 3. The Morgan fingerprint density at radius 2 is 1.15 bits per heavy atom. The van der Waals surface area contributed by atoms with Crippen LogP contribution in [0.5, 0.6) is 0 Å². The number of hydrogen-bond donors (Lipinski definition) is 0. The molecule has 0 aliphatic heterocycles. The van der Waals surface area contributed by atoms with Crippen molar-refractivity contribution in [1.29, 1.82) is 0 Å². The summed E-state index contributed by atoms with van der Waals surface area (Å²) in [6, 6.07) is 9.70. The normalized spacial score (nSPS) is 11.4. The summed E-state index contributed by atoms with van der Waals surface area (Å²) in [4.78, 5) is 25.8. The van der Waals surface area contributed by atoms with Gasteiger partial charge in [0.25, 0.3) is 0 Å². The predicted molar refractivity (Wildman–Crippen MR) is 133 cm³/mol. The molecule has 33 heavy (non-hydrogen) atoms. The van der Waals surface area contributed by atoms with Crippen LogP contribution in [0.1, 0.15) is 103 Å². The predicted octanol–water partition coefficient (Wildman–Crippen LogP) is 7.02. The first kappa shape index (κ1) is 29.2. The van der Waals surface area contributed by atoms with Crippen molar-refractivity contribution in [2.24, 2.45) is 5.41 Å². The lowest BCUT2D eigenvalue weighted by Crippen LogP contribution is -2.43. The highest BCUT2D eigenvalue weighted by Gasteiger charge is 2.45. The SMILES string of the molecule is CCCCCCCCOC(=O)C(C)(COCc1ccccc1)C(=O)OCCCCCCCC. The Kier molecular flexibility index (Phi) is 16.4. The summed E-state index contributed by atoms with van der Waals surface area (Å²) in [5.41, 5.74) is -0.472. The molecule has 1 aromatic carbocycles. The highest BCUT2D eigenvalue weighted by Crippen LogP contribution is 2.23. The van der Waals surface area contributed by atoms with E-state index >= 15 is 0 Å². The van der Waals surface area contributed by atoms with Crippen molar-refractivity contribution in [1.82, 2.24) is 0 Å². The Morgan fingerprint density at radius 1 is 0.697 bits per heavy atom. The average Bonchev–Trinajstić information content (AvgIpc) is 2.83. The molecular formula is C28H46O5. The van der Waals surface area contributed by atoms with Gasteiger partial charge in [-0.25, -0.2) is 0 Å². The number of rotatable bonds is 20. The summed E-state index contributed by atoms with van der Waals surface area (Å²) in [7, 11) is 0. The maximum Gasteiger partial charge on any atom is 0.325 e. The van der Waals surface area contributed by atoms with Gasteiger partial charge in [-0.1, -0.05) is 108 Å². The number of hydrogen-bond acceptors (Lipinski definition) is 5. The van der Waals surface area contributed by atoms with Crippen molar-refractivity contribution < 1.29 is 23.8 Å².